The Morgan fingerprint density at radius 3 is 2.62 bits per heavy atom. The Morgan fingerprint density at radius 1 is 1.21 bits per heavy atom. The van der Waals surface area contributed by atoms with Gasteiger partial charge in [0.2, 0.25) is 5.91 Å². The first-order chi connectivity index (χ1) is 11.7. The van der Waals surface area contributed by atoms with Crippen molar-refractivity contribution >= 4 is 22.6 Å². The van der Waals surface area contributed by atoms with E-state index in [4.69, 9.17) is 4.98 Å². The number of nitrogens with one attached hydrogen (secondary N) is 1. The molecule has 1 aliphatic heterocycles. The van der Waals surface area contributed by atoms with Gasteiger partial charge < -0.3 is 9.88 Å². The highest BCUT2D eigenvalue weighted by Crippen LogP contribution is 2.23. The molecule has 3 rings (SSSR count). The third kappa shape index (κ3) is 3.96. The van der Waals surface area contributed by atoms with Crippen molar-refractivity contribution in [1.29, 1.82) is 0 Å². The van der Waals surface area contributed by atoms with Crippen LogP contribution >= 0.6 is 0 Å². The Balaban J connectivity index is 1.89. The summed E-state index contributed by atoms with van der Waals surface area (Å²) in [4.78, 5) is 18.7. The smallest absolute Gasteiger partial charge is 0.221 e. The Morgan fingerprint density at radius 2 is 1.96 bits per heavy atom. The van der Waals surface area contributed by atoms with Crippen molar-refractivity contribution in [3.8, 4) is 0 Å². The fourth-order valence-corrected chi connectivity index (χ4v) is 3.55. The minimum Gasteiger partial charge on any atom is -0.327 e. The molecule has 1 amide bonds. The molecular formula is C19H28N4O. The van der Waals surface area contributed by atoms with E-state index in [0.29, 0.717) is 0 Å². The molecule has 1 aliphatic rings. The van der Waals surface area contributed by atoms with Crippen molar-refractivity contribution in [2.75, 3.05) is 18.4 Å². The number of carbonyl (C=O) groups is 1. The fourth-order valence-electron chi connectivity index (χ4n) is 3.55. The average Bonchev–Trinajstić information content (AvgIpc) is 2.72. The van der Waals surface area contributed by atoms with Crippen LogP contribution in [0.15, 0.2) is 18.2 Å². The topological polar surface area (TPSA) is 50.2 Å². The number of fused-ring (bicyclic) bond motifs is 1. The second-order valence-electron chi connectivity index (χ2n) is 6.75. The molecule has 1 saturated heterocycles. The molecule has 1 aromatic heterocycles. The Hall–Kier alpha value is -1.88. The number of hydrogen-bond donors (Lipinski definition) is 1. The first kappa shape index (κ1) is 17.0. The third-order valence-electron chi connectivity index (χ3n) is 4.66. The van der Waals surface area contributed by atoms with E-state index in [1.807, 2.05) is 12.1 Å². The maximum Gasteiger partial charge on any atom is 0.221 e. The number of aromatic nitrogens is 2. The van der Waals surface area contributed by atoms with Crippen LogP contribution in [0, 0.1) is 0 Å². The Labute approximate surface area is 144 Å². The number of aryl methyl sites for hydroxylation is 1. The zero-order chi connectivity index (χ0) is 16.9. The zero-order valence-electron chi connectivity index (χ0n) is 14.8. The lowest BCUT2D eigenvalue weighted by molar-refractivity contribution is -0.114. The van der Waals surface area contributed by atoms with Crippen LogP contribution in [-0.4, -0.2) is 33.4 Å². The minimum atomic E-state index is -0.0490. The summed E-state index contributed by atoms with van der Waals surface area (Å²) in [7, 11) is 0. The first-order valence-corrected chi connectivity index (χ1v) is 9.16. The van der Waals surface area contributed by atoms with Crippen LogP contribution < -0.4 is 5.32 Å². The molecule has 130 valence electrons. The van der Waals surface area contributed by atoms with Gasteiger partial charge in [-0.15, -0.1) is 0 Å². The summed E-state index contributed by atoms with van der Waals surface area (Å²) in [6.45, 7) is 7.99. The number of imidazole rings is 1. The zero-order valence-corrected chi connectivity index (χ0v) is 14.8. The summed E-state index contributed by atoms with van der Waals surface area (Å²) in [5.74, 6) is 1.10. The second kappa shape index (κ2) is 7.79. The van der Waals surface area contributed by atoms with E-state index in [1.54, 1.807) is 0 Å². The molecule has 5 nitrogen and oxygen atoms in total. The van der Waals surface area contributed by atoms with E-state index in [-0.39, 0.29) is 5.91 Å². The molecule has 2 aromatic rings. The third-order valence-corrected chi connectivity index (χ3v) is 4.66. The monoisotopic (exact) mass is 328 g/mol. The van der Waals surface area contributed by atoms with E-state index in [1.165, 1.54) is 45.7 Å². The first-order valence-electron chi connectivity index (χ1n) is 9.16. The van der Waals surface area contributed by atoms with Gasteiger partial charge in [0.15, 0.2) is 0 Å². The molecule has 0 saturated carbocycles. The lowest BCUT2D eigenvalue weighted by atomic mass is 10.2. The number of likely N-dealkylation sites (tertiary alicyclic amines) is 1. The molecule has 2 heterocycles. The molecule has 0 bridgehead atoms. The van der Waals surface area contributed by atoms with Gasteiger partial charge in [-0.1, -0.05) is 19.8 Å². The summed E-state index contributed by atoms with van der Waals surface area (Å²) < 4.78 is 2.35. The lowest BCUT2D eigenvalue weighted by Crippen LogP contribution is -2.26. The van der Waals surface area contributed by atoms with E-state index >= 15 is 0 Å². The summed E-state index contributed by atoms with van der Waals surface area (Å²) in [5.41, 5.74) is 2.95. The maximum absolute atomic E-state index is 11.3. The SMILES string of the molecule is CCCn1c(CN2CCCCCC2)nc2cc(NC(C)=O)ccc21. The predicted octanol–water partition coefficient (Wildman–Crippen LogP) is 3.78. The summed E-state index contributed by atoms with van der Waals surface area (Å²) >= 11 is 0. The average molecular weight is 328 g/mol. The van der Waals surface area contributed by atoms with Crippen molar-refractivity contribution in [1.82, 2.24) is 14.5 Å². The number of anilines is 1. The normalized spacial score (nSPS) is 16.2. The van der Waals surface area contributed by atoms with E-state index in [2.05, 4.69) is 27.8 Å². The highest BCUT2D eigenvalue weighted by Gasteiger charge is 2.16. The quantitative estimate of drug-likeness (QED) is 0.908. The van der Waals surface area contributed by atoms with Crippen LogP contribution in [0.3, 0.4) is 0 Å². The molecule has 1 N–H and O–H groups in total. The largest absolute Gasteiger partial charge is 0.327 e. The molecule has 5 heteroatoms. The predicted molar refractivity (Wildman–Crippen MR) is 98.1 cm³/mol. The number of benzene rings is 1. The molecular weight excluding hydrogens is 300 g/mol. The number of hydrogen-bond acceptors (Lipinski definition) is 3. The highest BCUT2D eigenvalue weighted by molar-refractivity contribution is 5.91. The Bertz CT molecular complexity index is 699. The second-order valence-corrected chi connectivity index (χ2v) is 6.75. The summed E-state index contributed by atoms with van der Waals surface area (Å²) in [6, 6.07) is 6.03. The lowest BCUT2D eigenvalue weighted by Gasteiger charge is -2.20. The van der Waals surface area contributed by atoms with Crippen molar-refractivity contribution in [3.63, 3.8) is 0 Å². The summed E-state index contributed by atoms with van der Waals surface area (Å²) in [5, 5.41) is 2.85. The van der Waals surface area contributed by atoms with Gasteiger partial charge in [-0.25, -0.2) is 4.98 Å². The van der Waals surface area contributed by atoms with Crippen LogP contribution in [0.5, 0.6) is 0 Å². The van der Waals surface area contributed by atoms with Crippen molar-refractivity contribution < 1.29 is 4.79 Å². The number of nitrogens with zero attached hydrogens (tertiary/aromatic N) is 3. The van der Waals surface area contributed by atoms with Crippen molar-refractivity contribution in [3.05, 3.63) is 24.0 Å². The van der Waals surface area contributed by atoms with Gasteiger partial charge in [0, 0.05) is 19.2 Å². The van der Waals surface area contributed by atoms with E-state index in [9.17, 15) is 4.79 Å². The van der Waals surface area contributed by atoms with Crippen molar-refractivity contribution in [2.45, 2.75) is 59.0 Å². The van der Waals surface area contributed by atoms with Gasteiger partial charge >= 0.3 is 0 Å². The van der Waals surface area contributed by atoms with Crippen molar-refractivity contribution in [2.24, 2.45) is 0 Å². The highest BCUT2D eigenvalue weighted by atomic mass is 16.1. The molecule has 24 heavy (non-hydrogen) atoms. The standard InChI is InChI=1S/C19H28N4O/c1-3-10-23-18-9-8-16(20-15(2)24)13-17(18)21-19(23)14-22-11-6-4-5-7-12-22/h8-9,13H,3-7,10-12,14H2,1-2H3,(H,20,24). The molecule has 0 spiro atoms. The van der Waals surface area contributed by atoms with Gasteiger partial charge in [-0.3, -0.25) is 9.69 Å². The van der Waals surface area contributed by atoms with Crippen LogP contribution in [0.1, 0.15) is 51.8 Å². The summed E-state index contributed by atoms with van der Waals surface area (Å²) in [6.07, 6.45) is 6.37. The molecule has 0 atom stereocenters. The number of amides is 1. The van der Waals surface area contributed by atoms with Crippen LogP contribution in [0.25, 0.3) is 11.0 Å². The molecule has 0 aliphatic carbocycles. The van der Waals surface area contributed by atoms with E-state index < -0.39 is 0 Å². The fraction of sp³-hybridized carbons (Fsp3) is 0.579. The molecule has 1 fully saturated rings. The molecule has 0 radical (unpaired) electrons. The van der Waals surface area contributed by atoms with E-state index in [0.717, 1.165) is 42.1 Å². The van der Waals surface area contributed by atoms with Gasteiger partial charge in [0.05, 0.1) is 17.6 Å². The molecule has 0 unspecified atom stereocenters. The minimum absolute atomic E-state index is 0.0490. The van der Waals surface area contributed by atoms with Crippen LogP contribution in [0.4, 0.5) is 5.69 Å². The van der Waals surface area contributed by atoms with Gasteiger partial charge in [0.25, 0.3) is 0 Å². The van der Waals surface area contributed by atoms with Gasteiger partial charge in [-0.2, -0.15) is 0 Å². The number of carbonyl (C=O) groups excluding carboxylic acids is 1. The van der Waals surface area contributed by atoms with Gasteiger partial charge in [-0.05, 0) is 50.6 Å². The van der Waals surface area contributed by atoms with Gasteiger partial charge in [0.1, 0.15) is 5.82 Å². The van der Waals surface area contributed by atoms with Crippen LogP contribution in [0.2, 0.25) is 0 Å². The molecule has 1 aromatic carbocycles. The number of rotatable bonds is 5. The maximum atomic E-state index is 11.3. The Kier molecular flexibility index (Phi) is 5.51. The van der Waals surface area contributed by atoms with Crippen LogP contribution in [-0.2, 0) is 17.9 Å².